The van der Waals surface area contributed by atoms with Crippen molar-refractivity contribution in [2.75, 3.05) is 45.1 Å². The number of hydrogen-bond donors (Lipinski definition) is 1. The number of carbonyl (C=O) groups is 1. The second-order valence-corrected chi connectivity index (χ2v) is 6.89. The van der Waals surface area contributed by atoms with E-state index >= 15 is 0 Å². The highest BCUT2D eigenvalue weighted by atomic mass is 19.1. The van der Waals surface area contributed by atoms with Crippen LogP contribution in [0.3, 0.4) is 0 Å². The van der Waals surface area contributed by atoms with Gasteiger partial charge in [0.05, 0.1) is 6.54 Å². The zero-order valence-corrected chi connectivity index (χ0v) is 14.9. The molecule has 1 aliphatic heterocycles. The van der Waals surface area contributed by atoms with Crippen LogP contribution in [0.1, 0.15) is 32.6 Å². The van der Waals surface area contributed by atoms with E-state index in [1.807, 2.05) is 0 Å². The van der Waals surface area contributed by atoms with Gasteiger partial charge >= 0.3 is 0 Å². The average Bonchev–Trinajstić information content (AvgIpc) is 2.54. The molecule has 0 atom stereocenters. The van der Waals surface area contributed by atoms with Crippen molar-refractivity contribution < 1.29 is 9.18 Å². The van der Waals surface area contributed by atoms with E-state index in [0.717, 1.165) is 38.4 Å². The molecule has 0 spiro atoms. The number of rotatable bonds is 8. The highest BCUT2D eigenvalue weighted by molar-refractivity contribution is 5.92. The lowest BCUT2D eigenvalue weighted by Gasteiger charge is -2.33. The van der Waals surface area contributed by atoms with Crippen LogP contribution in [0, 0.1) is 11.7 Å². The predicted octanol–water partition coefficient (Wildman–Crippen LogP) is 3.21. The van der Waals surface area contributed by atoms with Crippen molar-refractivity contribution in [3.63, 3.8) is 0 Å². The number of benzene rings is 1. The molecule has 1 N–H and O–H groups in total. The number of nitrogens with zero attached hydrogens (tertiary/aromatic N) is 2. The van der Waals surface area contributed by atoms with Gasteiger partial charge in [0.15, 0.2) is 0 Å². The summed E-state index contributed by atoms with van der Waals surface area (Å²) in [5.74, 6) is 0.328. The Morgan fingerprint density at radius 1 is 1.38 bits per heavy atom. The molecular formula is C19H30FN3O. The molecule has 0 saturated carbocycles. The van der Waals surface area contributed by atoms with Crippen molar-refractivity contribution in [2.45, 2.75) is 32.6 Å². The number of anilines is 1. The fourth-order valence-electron chi connectivity index (χ4n) is 3.26. The molecule has 0 radical (unpaired) electrons. The number of unbranched alkanes of at least 4 members (excludes halogenated alkanes) is 1. The summed E-state index contributed by atoms with van der Waals surface area (Å²) in [4.78, 5) is 16.7. The van der Waals surface area contributed by atoms with E-state index in [0.29, 0.717) is 12.2 Å². The lowest BCUT2D eigenvalue weighted by molar-refractivity contribution is -0.117. The molecule has 1 saturated heterocycles. The van der Waals surface area contributed by atoms with E-state index in [-0.39, 0.29) is 11.7 Å². The summed E-state index contributed by atoms with van der Waals surface area (Å²) in [7, 11) is 2.20. The molecule has 134 valence electrons. The third-order valence-corrected chi connectivity index (χ3v) is 4.65. The van der Waals surface area contributed by atoms with Gasteiger partial charge in [-0.25, -0.2) is 4.39 Å². The topological polar surface area (TPSA) is 35.6 Å². The van der Waals surface area contributed by atoms with Gasteiger partial charge in [-0.1, -0.05) is 19.4 Å². The van der Waals surface area contributed by atoms with Crippen LogP contribution >= 0.6 is 0 Å². The molecule has 4 nitrogen and oxygen atoms in total. The largest absolute Gasteiger partial charge is 0.325 e. The maximum absolute atomic E-state index is 13.1. The molecule has 1 aliphatic rings. The highest BCUT2D eigenvalue weighted by Crippen LogP contribution is 2.18. The Bertz CT molecular complexity index is 515. The Morgan fingerprint density at radius 3 is 2.79 bits per heavy atom. The Labute approximate surface area is 145 Å². The Morgan fingerprint density at radius 2 is 2.12 bits per heavy atom. The van der Waals surface area contributed by atoms with Crippen molar-refractivity contribution in [2.24, 2.45) is 5.92 Å². The van der Waals surface area contributed by atoms with Crippen molar-refractivity contribution in [3.8, 4) is 0 Å². The van der Waals surface area contributed by atoms with Crippen LogP contribution in [-0.2, 0) is 4.79 Å². The third kappa shape index (κ3) is 6.57. The van der Waals surface area contributed by atoms with Crippen molar-refractivity contribution in [3.05, 3.63) is 30.1 Å². The first kappa shape index (κ1) is 18.9. The zero-order chi connectivity index (χ0) is 17.4. The summed E-state index contributed by atoms with van der Waals surface area (Å²) in [6.45, 7) is 6.86. The van der Waals surface area contributed by atoms with Gasteiger partial charge in [0.1, 0.15) is 5.82 Å². The van der Waals surface area contributed by atoms with Crippen LogP contribution in [0.15, 0.2) is 24.3 Å². The second-order valence-electron chi connectivity index (χ2n) is 6.89. The van der Waals surface area contributed by atoms with Gasteiger partial charge in [-0.2, -0.15) is 0 Å². The smallest absolute Gasteiger partial charge is 0.238 e. The summed E-state index contributed by atoms with van der Waals surface area (Å²) >= 11 is 0. The molecule has 0 unspecified atom stereocenters. The predicted molar refractivity (Wildman–Crippen MR) is 96.6 cm³/mol. The lowest BCUT2D eigenvalue weighted by atomic mass is 9.96. The number of halogens is 1. The van der Waals surface area contributed by atoms with E-state index in [2.05, 4.69) is 29.1 Å². The molecule has 0 aliphatic carbocycles. The molecule has 1 heterocycles. The SMILES string of the molecule is CCCCN(C)CC1CCN(CC(=O)Nc2cccc(F)c2)CC1. The van der Waals surface area contributed by atoms with E-state index in [1.54, 1.807) is 12.1 Å². The fourth-order valence-corrected chi connectivity index (χ4v) is 3.26. The van der Waals surface area contributed by atoms with Gasteiger partial charge in [-0.05, 0) is 70.1 Å². The summed E-state index contributed by atoms with van der Waals surface area (Å²) in [5.41, 5.74) is 0.521. The number of piperidine rings is 1. The number of nitrogens with one attached hydrogen (secondary N) is 1. The maximum Gasteiger partial charge on any atom is 0.238 e. The Hall–Kier alpha value is -1.46. The first-order valence-corrected chi connectivity index (χ1v) is 9.03. The molecule has 2 rings (SSSR count). The first-order chi connectivity index (χ1) is 11.6. The fraction of sp³-hybridized carbons (Fsp3) is 0.632. The average molecular weight is 335 g/mol. The normalized spacial score (nSPS) is 16.5. The number of hydrogen-bond acceptors (Lipinski definition) is 3. The van der Waals surface area contributed by atoms with Crippen LogP contribution in [0.4, 0.5) is 10.1 Å². The molecule has 0 bridgehead atoms. The Kier molecular flexibility index (Phi) is 7.66. The van der Waals surface area contributed by atoms with Crippen molar-refractivity contribution >= 4 is 11.6 Å². The van der Waals surface area contributed by atoms with Gasteiger partial charge in [0.2, 0.25) is 5.91 Å². The standard InChI is InChI=1S/C19H30FN3O/c1-3-4-10-22(2)14-16-8-11-23(12-9-16)15-19(24)21-18-7-5-6-17(20)13-18/h5-7,13,16H,3-4,8-12,14-15H2,1-2H3,(H,21,24). The van der Waals surface area contributed by atoms with Gasteiger partial charge in [0, 0.05) is 12.2 Å². The summed E-state index contributed by atoms with van der Waals surface area (Å²) in [6, 6.07) is 6.03. The molecule has 1 aromatic carbocycles. The van der Waals surface area contributed by atoms with E-state index in [4.69, 9.17) is 0 Å². The van der Waals surface area contributed by atoms with Crippen molar-refractivity contribution in [1.29, 1.82) is 0 Å². The maximum atomic E-state index is 13.1. The van der Waals surface area contributed by atoms with Gasteiger partial charge in [-0.3, -0.25) is 9.69 Å². The van der Waals surface area contributed by atoms with E-state index in [9.17, 15) is 9.18 Å². The minimum Gasteiger partial charge on any atom is -0.325 e. The van der Waals surface area contributed by atoms with E-state index < -0.39 is 0 Å². The number of amides is 1. The minimum absolute atomic E-state index is 0.0703. The molecule has 1 amide bonds. The van der Waals surface area contributed by atoms with Gasteiger partial charge in [0.25, 0.3) is 0 Å². The highest BCUT2D eigenvalue weighted by Gasteiger charge is 2.21. The number of likely N-dealkylation sites (tertiary alicyclic amines) is 1. The van der Waals surface area contributed by atoms with Crippen LogP contribution in [-0.4, -0.2) is 55.5 Å². The van der Waals surface area contributed by atoms with E-state index in [1.165, 1.54) is 31.5 Å². The third-order valence-electron chi connectivity index (χ3n) is 4.65. The van der Waals surface area contributed by atoms with Crippen LogP contribution in [0.5, 0.6) is 0 Å². The summed E-state index contributed by atoms with van der Waals surface area (Å²) < 4.78 is 13.1. The van der Waals surface area contributed by atoms with Gasteiger partial charge < -0.3 is 10.2 Å². The monoisotopic (exact) mass is 335 g/mol. The quantitative estimate of drug-likeness (QED) is 0.792. The first-order valence-electron chi connectivity index (χ1n) is 9.03. The summed E-state index contributed by atoms with van der Waals surface area (Å²) in [6.07, 6.45) is 4.78. The van der Waals surface area contributed by atoms with Crippen LogP contribution in [0.25, 0.3) is 0 Å². The minimum atomic E-state index is -0.333. The molecular weight excluding hydrogens is 305 g/mol. The van der Waals surface area contributed by atoms with Crippen LogP contribution < -0.4 is 5.32 Å². The number of carbonyl (C=O) groups excluding carboxylic acids is 1. The van der Waals surface area contributed by atoms with Crippen LogP contribution in [0.2, 0.25) is 0 Å². The van der Waals surface area contributed by atoms with Gasteiger partial charge in [-0.15, -0.1) is 0 Å². The molecule has 0 aromatic heterocycles. The molecule has 1 aromatic rings. The lowest BCUT2D eigenvalue weighted by Crippen LogP contribution is -2.41. The second kappa shape index (κ2) is 9.74. The molecule has 1 fully saturated rings. The van der Waals surface area contributed by atoms with Crippen molar-refractivity contribution in [1.82, 2.24) is 9.80 Å². The molecule has 5 heteroatoms. The summed E-state index contributed by atoms with van der Waals surface area (Å²) in [5, 5.41) is 2.77. The Balaban J connectivity index is 1.68. The zero-order valence-electron chi connectivity index (χ0n) is 14.9. The molecule has 24 heavy (non-hydrogen) atoms.